The van der Waals surface area contributed by atoms with E-state index in [9.17, 15) is 5.11 Å². The molecule has 1 aliphatic rings. The van der Waals surface area contributed by atoms with Gasteiger partial charge in [0.1, 0.15) is 24.2 Å². The van der Waals surface area contributed by atoms with Crippen LogP contribution in [0.1, 0.15) is 19.8 Å². The molecule has 2 atom stereocenters. The molecule has 0 heterocycles. The van der Waals surface area contributed by atoms with E-state index < -0.39 is 6.10 Å². The molecule has 0 amide bonds. The summed E-state index contributed by atoms with van der Waals surface area (Å²) in [6, 6.07) is 7.89. The van der Waals surface area contributed by atoms with Gasteiger partial charge in [-0.2, -0.15) is 0 Å². The molecule has 1 aromatic carbocycles. The number of hydrogen-bond donors (Lipinski definition) is 2. The quantitative estimate of drug-likeness (QED) is 0.753. The topological polar surface area (TPSA) is 50.7 Å². The molecule has 2 unspecified atom stereocenters. The van der Waals surface area contributed by atoms with Crippen LogP contribution in [0.15, 0.2) is 24.3 Å². The fraction of sp³-hybridized carbons (Fsp3) is 0.600. The fourth-order valence-corrected chi connectivity index (χ4v) is 2.03. The third-order valence-corrected chi connectivity index (χ3v) is 3.49. The maximum Gasteiger partial charge on any atom is 0.123 e. The smallest absolute Gasteiger partial charge is 0.123 e. The fourth-order valence-electron chi connectivity index (χ4n) is 2.03. The zero-order valence-electron chi connectivity index (χ0n) is 11.6. The molecule has 1 aliphatic carbocycles. The van der Waals surface area contributed by atoms with Crippen LogP contribution in [-0.2, 0) is 0 Å². The van der Waals surface area contributed by atoms with E-state index in [1.165, 1.54) is 12.8 Å². The molecule has 0 aliphatic heterocycles. The summed E-state index contributed by atoms with van der Waals surface area (Å²) in [5, 5.41) is 13.2. The van der Waals surface area contributed by atoms with Crippen molar-refractivity contribution in [3.05, 3.63) is 24.3 Å². The minimum absolute atomic E-state index is 0.289. The molecule has 106 valence electrons. The highest BCUT2D eigenvalue weighted by molar-refractivity contribution is 5.32. The van der Waals surface area contributed by atoms with Gasteiger partial charge in [-0.25, -0.2) is 0 Å². The average Bonchev–Trinajstić information content (AvgIpc) is 3.27. The zero-order chi connectivity index (χ0) is 13.7. The van der Waals surface area contributed by atoms with Gasteiger partial charge in [0, 0.05) is 18.7 Å². The van der Waals surface area contributed by atoms with E-state index in [0.717, 1.165) is 11.7 Å². The molecule has 1 fully saturated rings. The Labute approximate surface area is 114 Å². The van der Waals surface area contributed by atoms with Crippen LogP contribution in [0.3, 0.4) is 0 Å². The summed E-state index contributed by atoms with van der Waals surface area (Å²) >= 11 is 0. The highest BCUT2D eigenvalue weighted by Crippen LogP contribution is 2.32. The van der Waals surface area contributed by atoms with Crippen LogP contribution < -0.4 is 14.8 Å². The standard InChI is InChI=1S/C15H23NO3/c1-11(12-6-7-12)16-9-13(17)10-19-15-5-3-4-14(8-15)18-2/h3-5,8,11-13,16-17H,6-7,9-10H2,1-2H3. The highest BCUT2D eigenvalue weighted by atomic mass is 16.5. The number of aliphatic hydroxyl groups is 1. The van der Waals surface area contributed by atoms with Crippen molar-refractivity contribution in [3.63, 3.8) is 0 Å². The molecule has 1 aromatic rings. The monoisotopic (exact) mass is 265 g/mol. The van der Waals surface area contributed by atoms with Crippen molar-refractivity contribution in [2.75, 3.05) is 20.3 Å². The molecular formula is C15H23NO3. The summed E-state index contributed by atoms with van der Waals surface area (Å²) in [5.74, 6) is 2.27. The molecule has 1 saturated carbocycles. The van der Waals surface area contributed by atoms with Crippen molar-refractivity contribution in [1.29, 1.82) is 0 Å². The van der Waals surface area contributed by atoms with E-state index in [1.54, 1.807) is 7.11 Å². The number of rotatable bonds is 8. The Balaban J connectivity index is 1.68. The van der Waals surface area contributed by atoms with Crippen molar-refractivity contribution in [2.45, 2.75) is 31.9 Å². The van der Waals surface area contributed by atoms with Gasteiger partial charge >= 0.3 is 0 Å². The summed E-state index contributed by atoms with van der Waals surface area (Å²) in [4.78, 5) is 0. The first-order valence-corrected chi connectivity index (χ1v) is 6.87. The molecule has 19 heavy (non-hydrogen) atoms. The van der Waals surface area contributed by atoms with Crippen LogP contribution in [-0.4, -0.2) is 37.5 Å². The summed E-state index contributed by atoms with van der Waals surface area (Å²) in [5.41, 5.74) is 0. The number of aliphatic hydroxyl groups excluding tert-OH is 1. The third-order valence-electron chi connectivity index (χ3n) is 3.49. The summed E-state index contributed by atoms with van der Waals surface area (Å²) < 4.78 is 10.7. The van der Waals surface area contributed by atoms with E-state index in [2.05, 4.69) is 12.2 Å². The van der Waals surface area contributed by atoms with Crippen LogP contribution in [0.2, 0.25) is 0 Å². The first kappa shape index (κ1) is 14.2. The maximum atomic E-state index is 9.87. The lowest BCUT2D eigenvalue weighted by molar-refractivity contribution is 0.103. The van der Waals surface area contributed by atoms with E-state index in [-0.39, 0.29) is 6.61 Å². The van der Waals surface area contributed by atoms with Crippen LogP contribution in [0, 0.1) is 5.92 Å². The van der Waals surface area contributed by atoms with Gasteiger partial charge in [-0.15, -0.1) is 0 Å². The number of hydrogen-bond acceptors (Lipinski definition) is 4. The lowest BCUT2D eigenvalue weighted by Gasteiger charge is -2.17. The predicted molar refractivity (Wildman–Crippen MR) is 74.7 cm³/mol. The van der Waals surface area contributed by atoms with Gasteiger partial charge in [0.2, 0.25) is 0 Å². The minimum atomic E-state index is -0.493. The molecule has 4 nitrogen and oxygen atoms in total. The first-order chi connectivity index (χ1) is 9.19. The summed E-state index contributed by atoms with van der Waals surface area (Å²) in [6.45, 7) is 3.03. The third kappa shape index (κ3) is 4.73. The van der Waals surface area contributed by atoms with Crippen LogP contribution in [0.25, 0.3) is 0 Å². The number of methoxy groups -OCH3 is 1. The maximum absolute atomic E-state index is 9.87. The first-order valence-electron chi connectivity index (χ1n) is 6.87. The molecular weight excluding hydrogens is 242 g/mol. The van der Waals surface area contributed by atoms with Gasteiger partial charge in [-0.1, -0.05) is 6.07 Å². The molecule has 0 bridgehead atoms. The average molecular weight is 265 g/mol. The second-order valence-electron chi connectivity index (χ2n) is 5.18. The second-order valence-corrected chi connectivity index (χ2v) is 5.18. The van der Waals surface area contributed by atoms with E-state index in [1.807, 2.05) is 24.3 Å². The SMILES string of the molecule is COc1cccc(OCC(O)CNC(C)C2CC2)c1. The molecule has 0 radical (unpaired) electrons. The Hall–Kier alpha value is -1.26. The van der Waals surface area contributed by atoms with Crippen LogP contribution >= 0.6 is 0 Å². The van der Waals surface area contributed by atoms with Crippen LogP contribution in [0.5, 0.6) is 11.5 Å². The summed E-state index contributed by atoms with van der Waals surface area (Å²) in [6.07, 6.45) is 2.13. The summed E-state index contributed by atoms with van der Waals surface area (Å²) in [7, 11) is 1.62. The van der Waals surface area contributed by atoms with Gasteiger partial charge in [0.15, 0.2) is 0 Å². The van der Waals surface area contributed by atoms with Crippen LogP contribution in [0.4, 0.5) is 0 Å². The molecule has 0 saturated heterocycles. The molecule has 0 spiro atoms. The van der Waals surface area contributed by atoms with Crippen molar-refractivity contribution < 1.29 is 14.6 Å². The van der Waals surface area contributed by atoms with Gasteiger partial charge in [-0.3, -0.25) is 0 Å². The Morgan fingerprint density at radius 3 is 2.79 bits per heavy atom. The van der Waals surface area contributed by atoms with Crippen molar-refractivity contribution in [2.24, 2.45) is 5.92 Å². The Bertz CT molecular complexity index is 393. The zero-order valence-corrected chi connectivity index (χ0v) is 11.6. The van der Waals surface area contributed by atoms with E-state index in [4.69, 9.17) is 9.47 Å². The second kappa shape index (κ2) is 6.78. The van der Waals surface area contributed by atoms with Gasteiger partial charge < -0.3 is 19.9 Å². The predicted octanol–water partition coefficient (Wildman–Crippen LogP) is 1.82. The van der Waals surface area contributed by atoms with Crippen molar-refractivity contribution in [3.8, 4) is 11.5 Å². The lowest BCUT2D eigenvalue weighted by atomic mass is 10.2. The number of benzene rings is 1. The highest BCUT2D eigenvalue weighted by Gasteiger charge is 2.27. The van der Waals surface area contributed by atoms with Crippen molar-refractivity contribution in [1.82, 2.24) is 5.32 Å². The van der Waals surface area contributed by atoms with E-state index in [0.29, 0.717) is 18.3 Å². The molecule has 2 rings (SSSR count). The molecule has 2 N–H and O–H groups in total. The largest absolute Gasteiger partial charge is 0.497 e. The van der Waals surface area contributed by atoms with Gasteiger partial charge in [0.25, 0.3) is 0 Å². The lowest BCUT2D eigenvalue weighted by Crippen LogP contribution is -2.37. The Morgan fingerprint density at radius 2 is 2.11 bits per heavy atom. The number of nitrogens with one attached hydrogen (secondary N) is 1. The Kier molecular flexibility index (Phi) is 5.05. The van der Waals surface area contributed by atoms with Crippen molar-refractivity contribution >= 4 is 0 Å². The molecule has 0 aromatic heterocycles. The Morgan fingerprint density at radius 1 is 1.37 bits per heavy atom. The number of ether oxygens (including phenoxy) is 2. The minimum Gasteiger partial charge on any atom is -0.497 e. The van der Waals surface area contributed by atoms with Gasteiger partial charge in [0.05, 0.1) is 7.11 Å². The van der Waals surface area contributed by atoms with Gasteiger partial charge in [-0.05, 0) is 37.8 Å². The molecule has 4 heteroatoms. The van der Waals surface area contributed by atoms with E-state index >= 15 is 0 Å². The normalized spacial score (nSPS) is 17.8.